The summed E-state index contributed by atoms with van der Waals surface area (Å²) < 4.78 is 14.9. The molecule has 5 heteroatoms. The van der Waals surface area contributed by atoms with Crippen molar-refractivity contribution < 1.29 is 4.39 Å². The van der Waals surface area contributed by atoms with Crippen LogP contribution >= 0.6 is 0 Å². The zero-order chi connectivity index (χ0) is 13.3. The summed E-state index contributed by atoms with van der Waals surface area (Å²) in [4.78, 5) is 0. The van der Waals surface area contributed by atoms with Crippen LogP contribution in [0, 0.1) is 5.82 Å². The molecule has 0 aliphatic carbocycles. The van der Waals surface area contributed by atoms with Crippen molar-refractivity contribution in [3.63, 3.8) is 0 Å². The molecule has 0 unspecified atom stereocenters. The van der Waals surface area contributed by atoms with Gasteiger partial charge in [0, 0.05) is 12.0 Å². The molecule has 1 heterocycles. The minimum atomic E-state index is -0.294. The van der Waals surface area contributed by atoms with Gasteiger partial charge in [-0.3, -0.25) is 0 Å². The summed E-state index contributed by atoms with van der Waals surface area (Å²) in [5, 5.41) is 8.16. The normalized spacial score (nSPS) is 11.8. The first kappa shape index (κ1) is 12.7. The van der Waals surface area contributed by atoms with Gasteiger partial charge in [-0.1, -0.05) is 32.1 Å². The van der Waals surface area contributed by atoms with Gasteiger partial charge in [-0.25, -0.2) is 9.07 Å². The number of hydrogen-bond donors (Lipinski definition) is 1. The maximum atomic E-state index is 13.3. The molecule has 0 saturated carbocycles. The Hall–Kier alpha value is -1.75. The highest BCUT2D eigenvalue weighted by molar-refractivity contribution is 5.36. The molecule has 0 aliphatic heterocycles. The molecule has 2 rings (SSSR count). The van der Waals surface area contributed by atoms with E-state index < -0.39 is 0 Å². The fourth-order valence-corrected chi connectivity index (χ4v) is 1.99. The Morgan fingerprint density at radius 1 is 1.33 bits per heavy atom. The lowest BCUT2D eigenvalue weighted by Crippen LogP contribution is -2.20. The van der Waals surface area contributed by atoms with E-state index in [4.69, 9.17) is 5.73 Å². The summed E-state index contributed by atoms with van der Waals surface area (Å²) in [6, 6.07) is 6.29. The summed E-state index contributed by atoms with van der Waals surface area (Å²) in [7, 11) is 0. The van der Waals surface area contributed by atoms with Crippen LogP contribution in [0.15, 0.2) is 24.3 Å². The lowest BCUT2D eigenvalue weighted by atomic mass is 9.90. The molecule has 0 radical (unpaired) electrons. The van der Waals surface area contributed by atoms with Crippen LogP contribution in [-0.4, -0.2) is 15.0 Å². The number of nitrogens with two attached hydrogens (primary N) is 1. The minimum absolute atomic E-state index is 0.162. The van der Waals surface area contributed by atoms with E-state index in [1.54, 1.807) is 16.8 Å². The molecule has 0 amide bonds. The first-order valence-corrected chi connectivity index (χ1v) is 5.84. The Kier molecular flexibility index (Phi) is 3.17. The van der Waals surface area contributed by atoms with Gasteiger partial charge in [0.25, 0.3) is 0 Å². The van der Waals surface area contributed by atoms with Gasteiger partial charge >= 0.3 is 0 Å². The van der Waals surface area contributed by atoms with E-state index in [2.05, 4.69) is 31.1 Å². The molecular weight excluding hydrogens is 231 g/mol. The average Bonchev–Trinajstić information content (AvgIpc) is 2.72. The molecule has 0 fully saturated rings. The van der Waals surface area contributed by atoms with E-state index >= 15 is 0 Å². The highest BCUT2D eigenvalue weighted by Gasteiger charge is 2.25. The largest absolute Gasteiger partial charge is 0.325 e. The second-order valence-electron chi connectivity index (χ2n) is 5.23. The molecule has 18 heavy (non-hydrogen) atoms. The Bertz CT molecular complexity index is 554. The number of aromatic nitrogens is 3. The lowest BCUT2D eigenvalue weighted by molar-refractivity contribution is 0.536. The Morgan fingerprint density at radius 2 is 2.06 bits per heavy atom. The molecule has 0 atom stereocenters. The van der Waals surface area contributed by atoms with Crippen molar-refractivity contribution in [1.82, 2.24) is 15.0 Å². The third-order valence-electron chi connectivity index (χ3n) is 2.70. The Labute approximate surface area is 106 Å². The second kappa shape index (κ2) is 4.49. The SMILES string of the molecule is CC(C)(C)c1c(CN)nnn1-c1cccc(F)c1. The first-order valence-electron chi connectivity index (χ1n) is 5.84. The maximum absolute atomic E-state index is 13.3. The van der Waals surface area contributed by atoms with Gasteiger partial charge in [0.2, 0.25) is 0 Å². The molecule has 4 nitrogen and oxygen atoms in total. The van der Waals surface area contributed by atoms with Crippen LogP contribution in [0.3, 0.4) is 0 Å². The lowest BCUT2D eigenvalue weighted by Gasteiger charge is -2.21. The summed E-state index contributed by atoms with van der Waals surface area (Å²) in [6.07, 6.45) is 0. The van der Waals surface area contributed by atoms with Gasteiger partial charge in [0.1, 0.15) is 11.5 Å². The Balaban J connectivity index is 2.62. The predicted octanol–water partition coefficient (Wildman–Crippen LogP) is 2.16. The third-order valence-corrected chi connectivity index (χ3v) is 2.70. The molecule has 96 valence electrons. The van der Waals surface area contributed by atoms with Gasteiger partial charge < -0.3 is 5.73 Å². The van der Waals surface area contributed by atoms with Crippen LogP contribution < -0.4 is 5.73 Å². The quantitative estimate of drug-likeness (QED) is 0.886. The third kappa shape index (κ3) is 2.26. The van der Waals surface area contributed by atoms with Gasteiger partial charge in [0.05, 0.1) is 11.4 Å². The van der Waals surface area contributed by atoms with E-state index in [1.807, 2.05) is 0 Å². The van der Waals surface area contributed by atoms with E-state index in [-0.39, 0.29) is 11.2 Å². The van der Waals surface area contributed by atoms with E-state index in [0.717, 1.165) is 11.4 Å². The van der Waals surface area contributed by atoms with Crippen LogP contribution in [-0.2, 0) is 12.0 Å². The summed E-state index contributed by atoms with van der Waals surface area (Å²) >= 11 is 0. The van der Waals surface area contributed by atoms with Gasteiger partial charge in [0.15, 0.2) is 0 Å². The Morgan fingerprint density at radius 3 is 2.61 bits per heavy atom. The molecule has 0 saturated heterocycles. The zero-order valence-corrected chi connectivity index (χ0v) is 10.8. The van der Waals surface area contributed by atoms with Crippen molar-refractivity contribution in [2.24, 2.45) is 5.73 Å². The molecule has 1 aromatic carbocycles. The molecule has 2 N–H and O–H groups in total. The van der Waals surface area contributed by atoms with Crippen molar-refractivity contribution >= 4 is 0 Å². The molecular formula is C13H17FN4. The van der Waals surface area contributed by atoms with Crippen LogP contribution in [0.2, 0.25) is 0 Å². The second-order valence-corrected chi connectivity index (χ2v) is 5.23. The van der Waals surface area contributed by atoms with E-state index in [9.17, 15) is 4.39 Å². The van der Waals surface area contributed by atoms with Gasteiger partial charge in [-0.05, 0) is 18.2 Å². The van der Waals surface area contributed by atoms with E-state index in [0.29, 0.717) is 12.2 Å². The summed E-state index contributed by atoms with van der Waals surface area (Å²) in [5.41, 5.74) is 7.83. The number of benzene rings is 1. The minimum Gasteiger partial charge on any atom is -0.325 e. The number of halogens is 1. The fourth-order valence-electron chi connectivity index (χ4n) is 1.99. The number of nitrogens with zero attached hydrogens (tertiary/aromatic N) is 3. The maximum Gasteiger partial charge on any atom is 0.125 e. The molecule has 1 aromatic heterocycles. The van der Waals surface area contributed by atoms with Crippen LogP contribution in [0.4, 0.5) is 4.39 Å². The van der Waals surface area contributed by atoms with Crippen LogP contribution in [0.5, 0.6) is 0 Å². The van der Waals surface area contributed by atoms with Crippen LogP contribution in [0.25, 0.3) is 5.69 Å². The smallest absolute Gasteiger partial charge is 0.125 e. The average molecular weight is 248 g/mol. The van der Waals surface area contributed by atoms with Gasteiger partial charge in [-0.15, -0.1) is 5.10 Å². The first-order chi connectivity index (χ1) is 8.43. The number of hydrogen-bond acceptors (Lipinski definition) is 3. The predicted molar refractivity (Wildman–Crippen MR) is 67.9 cm³/mol. The molecule has 0 bridgehead atoms. The highest BCUT2D eigenvalue weighted by atomic mass is 19.1. The van der Waals surface area contributed by atoms with E-state index in [1.165, 1.54) is 12.1 Å². The van der Waals surface area contributed by atoms with Crippen molar-refractivity contribution in [2.45, 2.75) is 32.7 Å². The molecule has 0 aliphatic rings. The summed E-state index contributed by atoms with van der Waals surface area (Å²) in [5.74, 6) is -0.294. The zero-order valence-electron chi connectivity index (χ0n) is 10.8. The molecule has 2 aromatic rings. The van der Waals surface area contributed by atoms with Gasteiger partial charge in [-0.2, -0.15) is 0 Å². The number of rotatable bonds is 2. The van der Waals surface area contributed by atoms with Crippen molar-refractivity contribution in [3.8, 4) is 5.69 Å². The van der Waals surface area contributed by atoms with Crippen molar-refractivity contribution in [2.75, 3.05) is 0 Å². The fraction of sp³-hybridized carbons (Fsp3) is 0.385. The van der Waals surface area contributed by atoms with Crippen molar-refractivity contribution in [1.29, 1.82) is 0 Å². The van der Waals surface area contributed by atoms with Crippen molar-refractivity contribution in [3.05, 3.63) is 41.5 Å². The summed E-state index contributed by atoms with van der Waals surface area (Å²) in [6.45, 7) is 6.49. The monoisotopic (exact) mass is 248 g/mol. The highest BCUT2D eigenvalue weighted by Crippen LogP contribution is 2.26. The molecule has 0 spiro atoms. The standard InChI is InChI=1S/C13H17FN4/c1-13(2,3)12-11(8-15)16-17-18(12)10-6-4-5-9(14)7-10/h4-7H,8,15H2,1-3H3. The topological polar surface area (TPSA) is 56.7 Å². The van der Waals surface area contributed by atoms with Crippen LogP contribution in [0.1, 0.15) is 32.2 Å².